The number of amides is 1. The second kappa shape index (κ2) is 10.0. The topological polar surface area (TPSA) is 72.5 Å². The van der Waals surface area contributed by atoms with Crippen molar-refractivity contribution in [2.24, 2.45) is 5.92 Å². The van der Waals surface area contributed by atoms with Crippen molar-refractivity contribution in [1.82, 2.24) is 10.5 Å². The van der Waals surface area contributed by atoms with Crippen molar-refractivity contribution in [2.45, 2.75) is 38.3 Å². The zero-order valence-electron chi connectivity index (χ0n) is 15.7. The van der Waals surface area contributed by atoms with E-state index in [1.54, 1.807) is 25.6 Å². The van der Waals surface area contributed by atoms with E-state index in [1.807, 2.05) is 30.3 Å². The van der Waals surface area contributed by atoms with E-state index in [4.69, 9.17) is 9.57 Å². The number of ether oxygens (including phenoxy) is 1. The number of nitrogens with one attached hydrogen (secondary N) is 2. The van der Waals surface area contributed by atoms with Crippen LogP contribution >= 0.6 is 0 Å². The maximum absolute atomic E-state index is 12.5. The Morgan fingerprint density at radius 1 is 1.19 bits per heavy atom. The minimum Gasteiger partial charge on any atom is -0.381 e. The Hall–Kier alpha value is -2.44. The van der Waals surface area contributed by atoms with Gasteiger partial charge in [-0.05, 0) is 55.0 Å². The molecule has 2 atom stereocenters. The van der Waals surface area contributed by atoms with Crippen molar-refractivity contribution >= 4 is 11.6 Å². The highest BCUT2D eigenvalue weighted by molar-refractivity contribution is 5.98. The molecule has 1 heterocycles. The molecule has 1 aromatic heterocycles. The predicted molar refractivity (Wildman–Crippen MR) is 104 cm³/mol. The largest absolute Gasteiger partial charge is 0.381 e. The molecular weight excluding hydrogens is 342 g/mol. The van der Waals surface area contributed by atoms with Crippen LogP contribution in [0, 0.1) is 5.92 Å². The molecule has 6 nitrogen and oxygen atoms in total. The van der Waals surface area contributed by atoms with E-state index in [1.165, 1.54) is 0 Å². The summed E-state index contributed by atoms with van der Waals surface area (Å²) in [5, 5.41) is 3.30. The minimum atomic E-state index is -0.244. The van der Waals surface area contributed by atoms with Crippen molar-refractivity contribution in [2.75, 3.05) is 19.0 Å². The Kier molecular flexibility index (Phi) is 7.19. The third-order valence-corrected chi connectivity index (χ3v) is 4.96. The Morgan fingerprint density at radius 3 is 2.81 bits per heavy atom. The maximum atomic E-state index is 12.5. The van der Waals surface area contributed by atoms with E-state index in [-0.39, 0.29) is 5.91 Å². The lowest BCUT2D eigenvalue weighted by molar-refractivity contribution is -0.0127. The number of hydrogen-bond acceptors (Lipinski definition) is 5. The number of hydrogen-bond donors (Lipinski definition) is 2. The number of hydroxylamine groups is 1. The van der Waals surface area contributed by atoms with Crippen LogP contribution < -0.4 is 10.8 Å². The lowest BCUT2D eigenvalue weighted by Gasteiger charge is -2.27. The Labute approximate surface area is 160 Å². The van der Waals surface area contributed by atoms with Crippen molar-refractivity contribution in [3.05, 3.63) is 59.9 Å². The molecule has 3 rings (SSSR count). The van der Waals surface area contributed by atoms with E-state index < -0.39 is 0 Å². The normalized spacial score (nSPS) is 19.4. The molecule has 0 saturated heterocycles. The molecule has 1 fully saturated rings. The van der Waals surface area contributed by atoms with Crippen LogP contribution in [0.2, 0.25) is 0 Å². The second-order valence-corrected chi connectivity index (χ2v) is 6.89. The van der Waals surface area contributed by atoms with Crippen LogP contribution in [0.15, 0.2) is 48.8 Å². The van der Waals surface area contributed by atoms with Crippen molar-refractivity contribution < 1.29 is 14.4 Å². The monoisotopic (exact) mass is 369 g/mol. The van der Waals surface area contributed by atoms with E-state index in [2.05, 4.69) is 15.8 Å². The molecule has 2 aromatic rings. The van der Waals surface area contributed by atoms with E-state index in [9.17, 15) is 4.79 Å². The summed E-state index contributed by atoms with van der Waals surface area (Å²) in [7, 11) is 1.76. The van der Waals surface area contributed by atoms with Gasteiger partial charge in [0.2, 0.25) is 0 Å². The quantitative estimate of drug-likeness (QED) is 0.696. The highest BCUT2D eigenvalue weighted by atomic mass is 16.7. The van der Waals surface area contributed by atoms with Gasteiger partial charge in [0.15, 0.2) is 0 Å². The molecule has 0 unspecified atom stereocenters. The lowest BCUT2D eigenvalue weighted by atomic mass is 9.88. The summed E-state index contributed by atoms with van der Waals surface area (Å²) in [6.45, 7) is 1.13. The highest BCUT2D eigenvalue weighted by Gasteiger charge is 2.22. The molecule has 0 aliphatic heterocycles. The summed E-state index contributed by atoms with van der Waals surface area (Å²) >= 11 is 0. The fourth-order valence-electron chi connectivity index (χ4n) is 3.42. The van der Waals surface area contributed by atoms with Gasteiger partial charge >= 0.3 is 0 Å². The molecule has 1 aliphatic rings. The van der Waals surface area contributed by atoms with Gasteiger partial charge in [0.1, 0.15) is 0 Å². The number of rotatable bonds is 8. The van der Waals surface area contributed by atoms with Gasteiger partial charge in [0.25, 0.3) is 5.91 Å². The second-order valence-electron chi connectivity index (χ2n) is 6.89. The van der Waals surface area contributed by atoms with Crippen LogP contribution in [0.1, 0.15) is 41.6 Å². The molecule has 0 spiro atoms. The molecule has 1 amide bonds. The molecule has 6 heteroatoms. The van der Waals surface area contributed by atoms with Crippen molar-refractivity contribution in [3.63, 3.8) is 0 Å². The third-order valence-electron chi connectivity index (χ3n) is 4.96. The fraction of sp³-hybridized carbons (Fsp3) is 0.429. The predicted octanol–water partition coefficient (Wildman–Crippen LogP) is 3.56. The van der Waals surface area contributed by atoms with Crippen molar-refractivity contribution in [3.8, 4) is 0 Å². The highest BCUT2D eigenvalue weighted by Crippen LogP contribution is 2.26. The van der Waals surface area contributed by atoms with Gasteiger partial charge in [0, 0.05) is 31.7 Å². The van der Waals surface area contributed by atoms with Gasteiger partial charge in [-0.25, -0.2) is 5.48 Å². The molecule has 2 N–H and O–H groups in total. The zero-order chi connectivity index (χ0) is 18.9. The Morgan fingerprint density at radius 2 is 2.00 bits per heavy atom. The van der Waals surface area contributed by atoms with Crippen LogP contribution in [0.4, 0.5) is 5.69 Å². The Balaban J connectivity index is 1.50. The number of anilines is 1. The molecule has 1 aliphatic carbocycles. The number of carbonyl (C=O) groups is 1. The third kappa shape index (κ3) is 5.77. The van der Waals surface area contributed by atoms with E-state index in [0.717, 1.165) is 36.9 Å². The zero-order valence-corrected chi connectivity index (χ0v) is 15.7. The molecular formula is C21H27N3O3. The SMILES string of the molecule is CO[C@@H]1CCC[C@H](CONC(=O)c2ccccc2NCc2ccncc2)C1. The van der Waals surface area contributed by atoms with E-state index >= 15 is 0 Å². The first-order valence-electron chi connectivity index (χ1n) is 9.43. The number of methoxy groups -OCH3 is 1. The molecule has 27 heavy (non-hydrogen) atoms. The summed E-state index contributed by atoms with van der Waals surface area (Å²) in [6.07, 6.45) is 8.15. The van der Waals surface area contributed by atoms with Crippen molar-refractivity contribution in [1.29, 1.82) is 0 Å². The summed E-state index contributed by atoms with van der Waals surface area (Å²) < 4.78 is 5.44. The first kappa shape index (κ1) is 19.3. The first-order valence-corrected chi connectivity index (χ1v) is 9.43. The number of nitrogens with zero attached hydrogens (tertiary/aromatic N) is 1. The van der Waals surface area contributed by atoms with Crippen LogP contribution in [0.25, 0.3) is 0 Å². The summed E-state index contributed by atoms with van der Waals surface area (Å²) in [5.74, 6) is 0.177. The number of carbonyl (C=O) groups excluding carboxylic acids is 1. The minimum absolute atomic E-state index is 0.244. The molecule has 144 valence electrons. The van der Waals surface area contributed by atoms with Gasteiger partial charge in [-0.15, -0.1) is 0 Å². The van der Waals surface area contributed by atoms with Gasteiger partial charge in [-0.1, -0.05) is 18.6 Å². The van der Waals surface area contributed by atoms with Crippen LogP contribution in [0.5, 0.6) is 0 Å². The smallest absolute Gasteiger partial charge is 0.276 e. The van der Waals surface area contributed by atoms with Crippen LogP contribution in [-0.2, 0) is 16.1 Å². The van der Waals surface area contributed by atoms with Gasteiger partial charge in [-0.2, -0.15) is 0 Å². The lowest BCUT2D eigenvalue weighted by Crippen LogP contribution is -2.30. The molecule has 0 bridgehead atoms. The van der Waals surface area contributed by atoms with Gasteiger partial charge in [-0.3, -0.25) is 14.6 Å². The molecule has 1 saturated carbocycles. The summed E-state index contributed by atoms with van der Waals surface area (Å²) in [6, 6.07) is 11.3. The summed E-state index contributed by atoms with van der Waals surface area (Å²) in [5.41, 5.74) is 5.02. The fourth-order valence-corrected chi connectivity index (χ4v) is 3.42. The van der Waals surface area contributed by atoms with Gasteiger partial charge in [0.05, 0.1) is 18.3 Å². The maximum Gasteiger partial charge on any atom is 0.276 e. The average molecular weight is 369 g/mol. The first-order chi connectivity index (χ1) is 13.3. The van der Waals surface area contributed by atoms with E-state index in [0.29, 0.717) is 30.7 Å². The Bertz CT molecular complexity index is 724. The number of benzene rings is 1. The van der Waals surface area contributed by atoms with Gasteiger partial charge < -0.3 is 10.1 Å². The summed E-state index contributed by atoms with van der Waals surface area (Å²) in [4.78, 5) is 22.0. The molecule has 1 aromatic carbocycles. The standard InChI is InChI=1S/C21H27N3O3/c1-26-18-6-4-5-17(13-18)15-27-24-21(25)19-7-2-3-8-20(19)23-14-16-9-11-22-12-10-16/h2-3,7-12,17-18,23H,4-6,13-15H2,1H3,(H,24,25)/t17-,18+/m0/s1. The number of para-hydroxylation sites is 1. The average Bonchev–Trinajstić information content (AvgIpc) is 2.73. The molecule has 0 radical (unpaired) electrons. The number of aromatic nitrogens is 1. The number of pyridine rings is 1. The van der Waals surface area contributed by atoms with Crippen LogP contribution in [0.3, 0.4) is 0 Å². The van der Waals surface area contributed by atoms with Crippen LogP contribution in [-0.4, -0.2) is 30.7 Å².